The summed E-state index contributed by atoms with van der Waals surface area (Å²) < 4.78 is 18.6. The molecule has 0 unspecified atom stereocenters. The van der Waals surface area contributed by atoms with Crippen LogP contribution < -0.4 is 10.1 Å². The van der Waals surface area contributed by atoms with E-state index >= 15 is 0 Å². The second-order valence-electron chi connectivity index (χ2n) is 6.28. The first-order valence-electron chi connectivity index (χ1n) is 8.23. The lowest BCUT2D eigenvalue weighted by Gasteiger charge is -2.18. The van der Waals surface area contributed by atoms with E-state index in [1.807, 2.05) is 19.9 Å². The zero-order valence-corrected chi connectivity index (χ0v) is 15.4. The van der Waals surface area contributed by atoms with Crippen molar-refractivity contribution in [2.75, 3.05) is 20.7 Å². The number of amides is 2. The van der Waals surface area contributed by atoms with E-state index in [-0.39, 0.29) is 30.7 Å². The summed E-state index contributed by atoms with van der Waals surface area (Å²) >= 11 is 0. The van der Waals surface area contributed by atoms with Gasteiger partial charge in [0.05, 0.1) is 13.7 Å². The number of aryl methyl sites for hydroxylation is 2. The number of methoxy groups -OCH3 is 1. The Morgan fingerprint density at radius 3 is 2.35 bits per heavy atom. The summed E-state index contributed by atoms with van der Waals surface area (Å²) in [6.07, 6.45) is 0. The first kappa shape index (κ1) is 19.4. The highest BCUT2D eigenvalue weighted by molar-refractivity contribution is 5.96. The number of benzene rings is 2. The number of hydrogen-bond acceptors (Lipinski definition) is 3. The predicted octanol–water partition coefficient (Wildman–Crippen LogP) is 2.84. The van der Waals surface area contributed by atoms with Crippen LogP contribution in [0, 0.1) is 19.7 Å². The number of halogens is 1. The predicted molar refractivity (Wildman–Crippen MR) is 97.7 cm³/mol. The molecule has 2 aromatic rings. The molecule has 0 fully saturated rings. The summed E-state index contributed by atoms with van der Waals surface area (Å²) in [5.41, 5.74) is 3.13. The standard InChI is InChI=1S/C20H23FN2O3/c1-13-7-14(2)9-16(8-13)20(25)22-11-19(24)23(3)12-15-5-6-18(26-4)17(21)10-15/h5-10H,11-12H2,1-4H3,(H,22,25). The molecule has 0 aliphatic rings. The van der Waals surface area contributed by atoms with E-state index in [0.29, 0.717) is 11.1 Å². The SMILES string of the molecule is COc1ccc(CN(C)C(=O)CNC(=O)c2cc(C)cc(C)c2)cc1F. The Kier molecular flexibility index (Phi) is 6.33. The molecule has 5 nitrogen and oxygen atoms in total. The minimum absolute atomic E-state index is 0.124. The van der Waals surface area contributed by atoms with E-state index in [1.165, 1.54) is 24.1 Å². The van der Waals surface area contributed by atoms with Crippen LogP contribution in [-0.2, 0) is 11.3 Å². The average molecular weight is 358 g/mol. The molecule has 6 heteroatoms. The van der Waals surface area contributed by atoms with Crippen molar-refractivity contribution in [3.63, 3.8) is 0 Å². The van der Waals surface area contributed by atoms with Crippen LogP contribution in [0.1, 0.15) is 27.0 Å². The van der Waals surface area contributed by atoms with Crippen molar-refractivity contribution >= 4 is 11.8 Å². The molecule has 2 amide bonds. The molecule has 26 heavy (non-hydrogen) atoms. The topological polar surface area (TPSA) is 58.6 Å². The van der Waals surface area contributed by atoms with Gasteiger partial charge in [-0.15, -0.1) is 0 Å². The Hall–Kier alpha value is -2.89. The molecule has 0 atom stereocenters. The summed E-state index contributed by atoms with van der Waals surface area (Å²) in [7, 11) is 3.00. The van der Waals surface area contributed by atoms with Crippen molar-refractivity contribution in [1.82, 2.24) is 10.2 Å². The first-order valence-corrected chi connectivity index (χ1v) is 8.23. The van der Waals surface area contributed by atoms with Gasteiger partial charge in [-0.05, 0) is 43.7 Å². The van der Waals surface area contributed by atoms with Crippen LogP contribution in [0.15, 0.2) is 36.4 Å². The van der Waals surface area contributed by atoms with E-state index < -0.39 is 5.82 Å². The maximum absolute atomic E-state index is 13.7. The summed E-state index contributed by atoms with van der Waals surface area (Å²) in [4.78, 5) is 25.9. The molecular formula is C20H23FN2O3. The Balaban J connectivity index is 1.92. The van der Waals surface area contributed by atoms with Gasteiger partial charge < -0.3 is 15.0 Å². The smallest absolute Gasteiger partial charge is 0.251 e. The number of rotatable bonds is 6. The van der Waals surface area contributed by atoms with E-state index in [0.717, 1.165) is 11.1 Å². The molecule has 0 saturated carbocycles. The normalized spacial score (nSPS) is 10.3. The number of carbonyl (C=O) groups is 2. The van der Waals surface area contributed by atoms with Crippen molar-refractivity contribution in [2.45, 2.75) is 20.4 Å². The quantitative estimate of drug-likeness (QED) is 0.864. The van der Waals surface area contributed by atoms with Gasteiger partial charge >= 0.3 is 0 Å². The van der Waals surface area contributed by atoms with Gasteiger partial charge in [0.15, 0.2) is 11.6 Å². The first-order chi connectivity index (χ1) is 12.3. The highest BCUT2D eigenvalue weighted by Gasteiger charge is 2.13. The van der Waals surface area contributed by atoms with E-state index in [9.17, 15) is 14.0 Å². The van der Waals surface area contributed by atoms with Gasteiger partial charge in [-0.1, -0.05) is 23.3 Å². The van der Waals surface area contributed by atoms with Crippen molar-refractivity contribution in [2.24, 2.45) is 0 Å². The number of ether oxygens (including phenoxy) is 1. The largest absolute Gasteiger partial charge is 0.494 e. The highest BCUT2D eigenvalue weighted by Crippen LogP contribution is 2.18. The van der Waals surface area contributed by atoms with Gasteiger partial charge in [0, 0.05) is 19.2 Å². The van der Waals surface area contributed by atoms with Crippen LogP contribution in [-0.4, -0.2) is 37.4 Å². The Bertz CT molecular complexity index is 800. The maximum atomic E-state index is 13.7. The highest BCUT2D eigenvalue weighted by atomic mass is 19.1. The van der Waals surface area contributed by atoms with Gasteiger partial charge in [-0.3, -0.25) is 9.59 Å². The molecule has 1 N–H and O–H groups in total. The zero-order valence-electron chi connectivity index (χ0n) is 15.4. The fourth-order valence-corrected chi connectivity index (χ4v) is 2.67. The lowest BCUT2D eigenvalue weighted by Crippen LogP contribution is -2.37. The minimum atomic E-state index is -0.478. The molecule has 2 rings (SSSR count). The summed E-state index contributed by atoms with van der Waals surface area (Å²) in [6, 6.07) is 10.1. The monoisotopic (exact) mass is 358 g/mol. The molecule has 138 valence electrons. The van der Waals surface area contributed by atoms with E-state index in [2.05, 4.69) is 5.32 Å². The maximum Gasteiger partial charge on any atom is 0.251 e. The summed E-state index contributed by atoms with van der Waals surface area (Å²) in [5.74, 6) is -0.884. The number of likely N-dealkylation sites (N-methyl/N-ethyl adjacent to an activating group) is 1. The van der Waals surface area contributed by atoms with Gasteiger partial charge in [-0.2, -0.15) is 0 Å². The number of nitrogens with zero attached hydrogens (tertiary/aromatic N) is 1. The number of carbonyl (C=O) groups excluding carboxylic acids is 2. The molecular weight excluding hydrogens is 335 g/mol. The Morgan fingerprint density at radius 1 is 1.12 bits per heavy atom. The molecule has 0 radical (unpaired) electrons. The van der Waals surface area contributed by atoms with Gasteiger partial charge in [0.25, 0.3) is 5.91 Å². The molecule has 0 aromatic heterocycles. The third-order valence-electron chi connectivity index (χ3n) is 3.95. The second kappa shape index (κ2) is 8.47. The second-order valence-corrected chi connectivity index (χ2v) is 6.28. The molecule has 0 spiro atoms. The molecule has 0 heterocycles. The van der Waals surface area contributed by atoms with Crippen LogP contribution in [0.3, 0.4) is 0 Å². The molecule has 0 saturated heterocycles. The lowest BCUT2D eigenvalue weighted by atomic mass is 10.1. The van der Waals surface area contributed by atoms with Crippen LogP contribution >= 0.6 is 0 Å². The van der Waals surface area contributed by atoms with Crippen molar-refractivity contribution in [3.05, 3.63) is 64.5 Å². The van der Waals surface area contributed by atoms with Crippen LogP contribution in [0.2, 0.25) is 0 Å². The van der Waals surface area contributed by atoms with Gasteiger partial charge in [0.2, 0.25) is 5.91 Å². The van der Waals surface area contributed by atoms with Crippen LogP contribution in [0.5, 0.6) is 5.75 Å². The molecule has 0 bridgehead atoms. The number of hydrogen-bond donors (Lipinski definition) is 1. The molecule has 2 aromatic carbocycles. The third-order valence-corrected chi connectivity index (χ3v) is 3.95. The molecule has 0 aliphatic heterocycles. The Labute approximate surface area is 152 Å². The van der Waals surface area contributed by atoms with Crippen LogP contribution in [0.25, 0.3) is 0 Å². The average Bonchev–Trinajstić information content (AvgIpc) is 2.58. The van der Waals surface area contributed by atoms with Gasteiger partial charge in [-0.25, -0.2) is 4.39 Å². The lowest BCUT2D eigenvalue weighted by molar-refractivity contribution is -0.129. The van der Waals surface area contributed by atoms with Crippen LogP contribution in [0.4, 0.5) is 4.39 Å². The van der Waals surface area contributed by atoms with Crippen molar-refractivity contribution in [3.8, 4) is 5.75 Å². The van der Waals surface area contributed by atoms with Gasteiger partial charge in [0.1, 0.15) is 0 Å². The van der Waals surface area contributed by atoms with E-state index in [4.69, 9.17) is 4.74 Å². The summed E-state index contributed by atoms with van der Waals surface area (Å²) in [5, 5.41) is 2.63. The fraction of sp³-hybridized carbons (Fsp3) is 0.300. The van der Waals surface area contributed by atoms with Crippen molar-refractivity contribution in [1.29, 1.82) is 0 Å². The Morgan fingerprint density at radius 2 is 1.77 bits per heavy atom. The zero-order chi connectivity index (χ0) is 19.3. The minimum Gasteiger partial charge on any atom is -0.494 e. The number of nitrogens with one attached hydrogen (secondary N) is 1. The summed E-state index contributed by atoms with van der Waals surface area (Å²) in [6.45, 7) is 3.94. The fourth-order valence-electron chi connectivity index (χ4n) is 2.67. The van der Waals surface area contributed by atoms with E-state index in [1.54, 1.807) is 25.2 Å². The molecule has 0 aliphatic carbocycles. The third kappa shape index (κ3) is 5.05. The van der Waals surface area contributed by atoms with Crippen molar-refractivity contribution < 1.29 is 18.7 Å².